The first-order valence-corrected chi connectivity index (χ1v) is 9.73. The molecule has 0 unspecified atom stereocenters. The summed E-state index contributed by atoms with van der Waals surface area (Å²) >= 11 is 0. The molecule has 2 aromatic rings. The molecule has 0 aromatic heterocycles. The van der Waals surface area contributed by atoms with Crippen molar-refractivity contribution in [2.75, 3.05) is 25.5 Å². The van der Waals surface area contributed by atoms with Crippen molar-refractivity contribution in [3.63, 3.8) is 0 Å². The summed E-state index contributed by atoms with van der Waals surface area (Å²) in [6.07, 6.45) is 0.317. The number of hydrogen-bond donors (Lipinski definition) is 1. The number of hydrogen-bond acceptors (Lipinski definition) is 4. The number of sulfone groups is 1. The van der Waals surface area contributed by atoms with E-state index < -0.39 is 15.1 Å². The molecule has 1 amide bonds. The number of benzene rings is 2. The predicted octanol–water partition coefficient (Wildman–Crippen LogP) is 2.79. The Morgan fingerprint density at radius 3 is 2.16 bits per heavy atom. The van der Waals surface area contributed by atoms with Crippen LogP contribution in [0.15, 0.2) is 59.5 Å². The number of rotatable bonds is 7. The molecule has 0 heterocycles. The third-order valence-corrected chi connectivity index (χ3v) is 6.15. The van der Waals surface area contributed by atoms with Crippen molar-refractivity contribution in [3.8, 4) is 0 Å². The van der Waals surface area contributed by atoms with Crippen molar-refractivity contribution in [3.05, 3.63) is 60.2 Å². The van der Waals surface area contributed by atoms with Gasteiger partial charge < -0.3 is 10.2 Å². The highest BCUT2D eigenvalue weighted by molar-refractivity contribution is 7.91. The highest BCUT2D eigenvalue weighted by Crippen LogP contribution is 2.29. The molecule has 1 atom stereocenters. The molecule has 0 aliphatic carbocycles. The molecule has 6 heteroatoms. The van der Waals surface area contributed by atoms with Crippen LogP contribution in [0.2, 0.25) is 0 Å². The Balaban J connectivity index is 2.40. The quantitative estimate of drug-likeness (QED) is 0.824. The number of nitrogens with zero attached hydrogens (tertiary/aromatic N) is 1. The average molecular weight is 360 g/mol. The fourth-order valence-electron chi connectivity index (χ4n) is 2.50. The number of amides is 1. The molecule has 5 nitrogen and oxygen atoms in total. The van der Waals surface area contributed by atoms with Gasteiger partial charge in [0.15, 0.2) is 9.84 Å². The van der Waals surface area contributed by atoms with Crippen LogP contribution < -0.4 is 10.2 Å². The van der Waals surface area contributed by atoms with Gasteiger partial charge in [0, 0.05) is 32.7 Å². The topological polar surface area (TPSA) is 66.5 Å². The fourth-order valence-corrected chi connectivity index (χ4v) is 4.18. The zero-order chi connectivity index (χ0) is 18.4. The summed E-state index contributed by atoms with van der Waals surface area (Å²) in [4.78, 5) is 13.8. The Morgan fingerprint density at radius 1 is 1.04 bits per heavy atom. The summed E-state index contributed by atoms with van der Waals surface area (Å²) in [5.74, 6) is -0.168. The van der Waals surface area contributed by atoms with Crippen molar-refractivity contribution < 1.29 is 13.2 Å². The molecule has 0 aliphatic rings. The second-order valence-corrected chi connectivity index (χ2v) is 8.12. The van der Waals surface area contributed by atoms with Gasteiger partial charge in [-0.05, 0) is 29.8 Å². The van der Waals surface area contributed by atoms with Crippen molar-refractivity contribution in [2.24, 2.45) is 0 Å². The third kappa shape index (κ3) is 4.60. The van der Waals surface area contributed by atoms with E-state index in [0.717, 1.165) is 5.69 Å². The van der Waals surface area contributed by atoms with E-state index in [4.69, 9.17) is 0 Å². The lowest BCUT2D eigenvalue weighted by atomic mass is 10.1. The van der Waals surface area contributed by atoms with E-state index in [2.05, 4.69) is 5.32 Å². The Labute approximate surface area is 149 Å². The Morgan fingerprint density at radius 2 is 1.64 bits per heavy atom. The van der Waals surface area contributed by atoms with Gasteiger partial charge in [-0.1, -0.05) is 37.3 Å². The SMILES string of the molecule is CCC(=O)NC[C@H](c1ccc(N(C)C)cc1)S(=O)(=O)c1ccccc1. The zero-order valence-electron chi connectivity index (χ0n) is 14.8. The van der Waals surface area contributed by atoms with Gasteiger partial charge in [0.1, 0.15) is 5.25 Å². The van der Waals surface area contributed by atoms with Gasteiger partial charge in [0.05, 0.1) is 4.90 Å². The van der Waals surface area contributed by atoms with E-state index >= 15 is 0 Å². The largest absolute Gasteiger partial charge is 0.378 e. The molecule has 0 bridgehead atoms. The molecule has 0 saturated carbocycles. The van der Waals surface area contributed by atoms with E-state index in [0.29, 0.717) is 12.0 Å². The minimum Gasteiger partial charge on any atom is -0.378 e. The van der Waals surface area contributed by atoms with Crippen LogP contribution in [0.5, 0.6) is 0 Å². The van der Waals surface area contributed by atoms with Crippen LogP contribution in [-0.2, 0) is 14.6 Å². The normalized spacial score (nSPS) is 12.4. The number of carbonyl (C=O) groups is 1. The van der Waals surface area contributed by atoms with Crippen LogP contribution in [0.4, 0.5) is 5.69 Å². The minimum atomic E-state index is -3.62. The molecular weight excluding hydrogens is 336 g/mol. The number of anilines is 1. The summed E-state index contributed by atoms with van der Waals surface area (Å²) in [6, 6.07) is 15.7. The van der Waals surface area contributed by atoms with Crippen molar-refractivity contribution in [1.29, 1.82) is 0 Å². The van der Waals surface area contributed by atoms with Gasteiger partial charge in [0.2, 0.25) is 5.91 Å². The first kappa shape index (κ1) is 19.0. The van der Waals surface area contributed by atoms with Gasteiger partial charge in [-0.15, -0.1) is 0 Å². The lowest BCUT2D eigenvalue weighted by molar-refractivity contribution is -0.120. The maximum atomic E-state index is 13.1. The standard InChI is InChI=1S/C19H24N2O3S/c1-4-19(22)20-14-18(15-10-12-16(13-11-15)21(2)3)25(23,24)17-8-6-5-7-9-17/h5-13,18H,4,14H2,1-3H3,(H,20,22)/t18-/m1/s1. The maximum absolute atomic E-state index is 13.1. The van der Waals surface area contributed by atoms with E-state index in [9.17, 15) is 13.2 Å². The lowest BCUT2D eigenvalue weighted by Gasteiger charge is -2.20. The summed E-state index contributed by atoms with van der Waals surface area (Å²) in [6.45, 7) is 1.78. The van der Waals surface area contributed by atoms with Crippen molar-refractivity contribution in [2.45, 2.75) is 23.5 Å². The van der Waals surface area contributed by atoms with E-state index in [1.807, 2.05) is 31.1 Å². The number of carbonyl (C=O) groups excluding carboxylic acids is 1. The fraction of sp³-hybridized carbons (Fsp3) is 0.316. The van der Waals surface area contributed by atoms with Crippen LogP contribution in [-0.4, -0.2) is 35.0 Å². The van der Waals surface area contributed by atoms with Gasteiger partial charge >= 0.3 is 0 Å². The summed E-state index contributed by atoms with van der Waals surface area (Å²) in [5, 5.41) is 1.88. The average Bonchev–Trinajstić information content (AvgIpc) is 2.62. The van der Waals surface area contributed by atoms with Crippen LogP contribution in [0.25, 0.3) is 0 Å². The molecular formula is C19H24N2O3S. The molecule has 2 aromatic carbocycles. The second-order valence-electron chi connectivity index (χ2n) is 5.99. The Kier molecular flexibility index (Phi) is 6.20. The molecule has 25 heavy (non-hydrogen) atoms. The second kappa shape index (κ2) is 8.16. The number of nitrogens with one attached hydrogen (secondary N) is 1. The monoisotopic (exact) mass is 360 g/mol. The molecule has 1 N–H and O–H groups in total. The van der Waals surface area contributed by atoms with Crippen LogP contribution in [0, 0.1) is 0 Å². The molecule has 0 radical (unpaired) electrons. The molecule has 134 valence electrons. The van der Waals surface area contributed by atoms with Gasteiger partial charge in [-0.25, -0.2) is 8.42 Å². The summed E-state index contributed by atoms with van der Waals surface area (Å²) < 4.78 is 26.2. The van der Waals surface area contributed by atoms with E-state index in [1.54, 1.807) is 49.4 Å². The molecule has 0 saturated heterocycles. The van der Waals surface area contributed by atoms with Crippen LogP contribution >= 0.6 is 0 Å². The third-order valence-electron chi connectivity index (χ3n) is 4.03. The highest BCUT2D eigenvalue weighted by Gasteiger charge is 2.29. The highest BCUT2D eigenvalue weighted by atomic mass is 32.2. The predicted molar refractivity (Wildman–Crippen MR) is 100 cm³/mol. The lowest BCUT2D eigenvalue weighted by Crippen LogP contribution is -2.31. The van der Waals surface area contributed by atoms with Crippen LogP contribution in [0.3, 0.4) is 0 Å². The Bertz CT molecular complexity index is 800. The van der Waals surface area contributed by atoms with Gasteiger partial charge in [-0.2, -0.15) is 0 Å². The molecule has 0 aliphatic heterocycles. The smallest absolute Gasteiger partial charge is 0.219 e. The van der Waals surface area contributed by atoms with E-state index in [-0.39, 0.29) is 17.3 Å². The first-order chi connectivity index (χ1) is 11.9. The first-order valence-electron chi connectivity index (χ1n) is 8.19. The zero-order valence-corrected chi connectivity index (χ0v) is 15.6. The van der Waals surface area contributed by atoms with Gasteiger partial charge in [-0.3, -0.25) is 4.79 Å². The van der Waals surface area contributed by atoms with E-state index in [1.165, 1.54) is 0 Å². The summed E-state index contributed by atoms with van der Waals surface area (Å²) in [5.41, 5.74) is 1.64. The minimum absolute atomic E-state index is 0.0468. The van der Waals surface area contributed by atoms with Crippen molar-refractivity contribution >= 4 is 21.4 Å². The van der Waals surface area contributed by atoms with Gasteiger partial charge in [0.25, 0.3) is 0 Å². The Hall–Kier alpha value is -2.34. The van der Waals surface area contributed by atoms with Crippen molar-refractivity contribution in [1.82, 2.24) is 5.32 Å². The van der Waals surface area contributed by atoms with Crippen LogP contribution in [0.1, 0.15) is 24.2 Å². The molecule has 0 fully saturated rings. The molecule has 2 rings (SSSR count). The maximum Gasteiger partial charge on any atom is 0.219 e. The summed E-state index contributed by atoms with van der Waals surface area (Å²) in [7, 11) is 0.231. The molecule has 0 spiro atoms.